The lowest BCUT2D eigenvalue weighted by atomic mass is 9.41. The molecule has 5 heteroatoms. The molecule has 5 aliphatic rings. The highest BCUT2D eigenvalue weighted by Gasteiger charge is 2.76. The van der Waals surface area contributed by atoms with Crippen molar-refractivity contribution in [2.24, 2.45) is 39.4 Å². The molecule has 0 unspecified atom stereocenters. The van der Waals surface area contributed by atoms with Crippen molar-refractivity contribution in [1.29, 1.82) is 0 Å². The Bertz CT molecular complexity index is 1030. The number of fused-ring (bicyclic) bond motifs is 4. The number of hydrogen-bond donors (Lipinski definition) is 1. The summed E-state index contributed by atoms with van der Waals surface area (Å²) < 4.78 is 12.1. The molecule has 3 saturated carbocycles. The zero-order chi connectivity index (χ0) is 27.2. The highest BCUT2D eigenvalue weighted by atomic mass is 16.6. The normalized spacial score (nSPS) is 46.5. The van der Waals surface area contributed by atoms with Gasteiger partial charge in [-0.2, -0.15) is 0 Å². The Morgan fingerprint density at radius 3 is 2.46 bits per heavy atom. The van der Waals surface area contributed by atoms with Gasteiger partial charge in [0, 0.05) is 31.1 Å². The van der Waals surface area contributed by atoms with Gasteiger partial charge >= 0.3 is 11.9 Å². The number of cyclic esters (lactones) is 1. The second kappa shape index (κ2) is 8.44. The fourth-order valence-corrected chi connectivity index (χ4v) is 10.5. The predicted molar refractivity (Wildman–Crippen MR) is 143 cm³/mol. The smallest absolute Gasteiger partial charge is 0.313 e. The van der Waals surface area contributed by atoms with Crippen molar-refractivity contribution in [2.75, 3.05) is 0 Å². The molecule has 0 amide bonds. The molecule has 0 radical (unpaired) electrons. The molecule has 4 fully saturated rings. The lowest BCUT2D eigenvalue weighted by molar-refractivity contribution is -0.164. The van der Waals surface area contributed by atoms with Crippen LogP contribution in [0.2, 0.25) is 0 Å². The van der Waals surface area contributed by atoms with E-state index in [-0.39, 0.29) is 46.3 Å². The van der Waals surface area contributed by atoms with E-state index in [1.165, 1.54) is 12.5 Å². The lowest BCUT2D eigenvalue weighted by Crippen LogP contribution is -2.59. The summed E-state index contributed by atoms with van der Waals surface area (Å²) in [6.07, 6.45) is 9.67. The summed E-state index contributed by atoms with van der Waals surface area (Å²) in [5.41, 5.74) is 1.10. The van der Waals surface area contributed by atoms with Crippen LogP contribution >= 0.6 is 0 Å². The minimum absolute atomic E-state index is 0.0390. The van der Waals surface area contributed by atoms with Crippen LogP contribution in [0.5, 0.6) is 0 Å². The average Bonchev–Trinajstić information content (AvgIpc) is 3.20. The van der Waals surface area contributed by atoms with Crippen molar-refractivity contribution < 1.29 is 24.2 Å². The predicted octanol–water partition coefficient (Wildman–Crippen LogP) is 6.54. The Hall–Kier alpha value is -1.62. The van der Waals surface area contributed by atoms with Crippen molar-refractivity contribution >= 4 is 11.9 Å². The van der Waals surface area contributed by atoms with Crippen LogP contribution in [0, 0.1) is 39.4 Å². The topological polar surface area (TPSA) is 72.8 Å². The van der Waals surface area contributed by atoms with Crippen LogP contribution in [-0.2, 0) is 19.1 Å². The Morgan fingerprint density at radius 2 is 1.81 bits per heavy atom. The standard InChI is InChI=1S/C32H48O5/c1-19(2)17-21(36-20(3)33)18-31(8)25-12-15-30(7)23-9-10-24-28(4,5)26(34)13-14-29(24,6)22(23)11-16-32(25,30)27(35)37-31/h9,21-22,24-26,34H,1,10-18H2,2-8H3/t21-,22-,24-,25+,26-,29+,30-,31-,32+/m0/s1. The van der Waals surface area contributed by atoms with E-state index in [2.05, 4.69) is 47.3 Å². The van der Waals surface area contributed by atoms with E-state index in [1.54, 1.807) is 0 Å². The van der Waals surface area contributed by atoms with E-state index in [9.17, 15) is 14.7 Å². The van der Waals surface area contributed by atoms with Crippen molar-refractivity contribution in [3.05, 3.63) is 23.8 Å². The fraction of sp³-hybridized carbons (Fsp3) is 0.812. The number of esters is 2. The van der Waals surface area contributed by atoms with E-state index < -0.39 is 11.0 Å². The lowest BCUT2D eigenvalue weighted by Gasteiger charge is -2.63. The molecule has 4 aliphatic carbocycles. The largest absolute Gasteiger partial charge is 0.462 e. The van der Waals surface area contributed by atoms with Gasteiger partial charge in [-0.3, -0.25) is 9.59 Å². The van der Waals surface area contributed by atoms with Gasteiger partial charge in [0.05, 0.1) is 11.5 Å². The van der Waals surface area contributed by atoms with Crippen molar-refractivity contribution in [2.45, 2.75) is 124 Å². The molecule has 1 heterocycles. The third-order valence-corrected chi connectivity index (χ3v) is 12.2. The Balaban J connectivity index is 1.50. The monoisotopic (exact) mass is 512 g/mol. The number of allylic oxidation sites excluding steroid dienone is 2. The molecule has 0 bridgehead atoms. The van der Waals surface area contributed by atoms with Gasteiger partial charge in [-0.15, -0.1) is 6.58 Å². The van der Waals surface area contributed by atoms with Gasteiger partial charge in [0.1, 0.15) is 11.7 Å². The molecule has 5 rings (SSSR count). The van der Waals surface area contributed by atoms with Crippen LogP contribution in [0.1, 0.15) is 106 Å². The maximum atomic E-state index is 14.0. The summed E-state index contributed by atoms with van der Waals surface area (Å²) in [4.78, 5) is 25.9. The van der Waals surface area contributed by atoms with Crippen LogP contribution in [0.4, 0.5) is 0 Å². The van der Waals surface area contributed by atoms with E-state index in [0.717, 1.165) is 50.5 Å². The third-order valence-electron chi connectivity index (χ3n) is 12.2. The van der Waals surface area contributed by atoms with Crippen LogP contribution in [0.25, 0.3) is 0 Å². The van der Waals surface area contributed by atoms with Crippen LogP contribution in [0.3, 0.4) is 0 Å². The maximum absolute atomic E-state index is 14.0. The number of carbonyl (C=O) groups is 2. The molecule has 206 valence electrons. The summed E-state index contributed by atoms with van der Waals surface area (Å²) in [6, 6.07) is 0. The first kappa shape index (κ1) is 27.0. The van der Waals surface area contributed by atoms with Gasteiger partial charge in [0.2, 0.25) is 0 Å². The Morgan fingerprint density at radius 1 is 1.11 bits per heavy atom. The molecule has 37 heavy (non-hydrogen) atoms. The summed E-state index contributed by atoms with van der Waals surface area (Å²) in [6.45, 7) is 18.8. The molecular formula is C32H48O5. The number of aliphatic hydroxyl groups excluding tert-OH is 1. The molecule has 1 aliphatic heterocycles. The van der Waals surface area contributed by atoms with Crippen LogP contribution in [-0.4, -0.2) is 34.9 Å². The first-order chi connectivity index (χ1) is 17.1. The minimum atomic E-state index is -0.657. The van der Waals surface area contributed by atoms with Gasteiger partial charge in [-0.1, -0.05) is 44.9 Å². The fourth-order valence-electron chi connectivity index (χ4n) is 10.5. The van der Waals surface area contributed by atoms with E-state index in [0.29, 0.717) is 24.7 Å². The number of carbonyl (C=O) groups excluding carboxylic acids is 2. The summed E-state index contributed by atoms with van der Waals surface area (Å²) in [5, 5.41) is 10.9. The van der Waals surface area contributed by atoms with E-state index in [4.69, 9.17) is 9.47 Å². The van der Waals surface area contributed by atoms with Crippen molar-refractivity contribution in [3.8, 4) is 0 Å². The number of rotatable bonds is 5. The second-order valence-electron chi connectivity index (χ2n) is 14.6. The quantitative estimate of drug-likeness (QED) is 0.335. The summed E-state index contributed by atoms with van der Waals surface area (Å²) in [7, 11) is 0. The second-order valence-corrected chi connectivity index (χ2v) is 14.6. The molecular weight excluding hydrogens is 464 g/mol. The van der Waals surface area contributed by atoms with Gasteiger partial charge < -0.3 is 14.6 Å². The molecule has 0 aromatic rings. The van der Waals surface area contributed by atoms with Crippen molar-refractivity contribution in [1.82, 2.24) is 0 Å². The van der Waals surface area contributed by atoms with Gasteiger partial charge in [-0.25, -0.2) is 0 Å². The summed E-state index contributed by atoms with van der Waals surface area (Å²) >= 11 is 0. The van der Waals surface area contributed by atoms with Gasteiger partial charge in [0.15, 0.2) is 0 Å². The summed E-state index contributed by atoms with van der Waals surface area (Å²) in [5.74, 6) is 0.658. The number of hydrogen-bond acceptors (Lipinski definition) is 5. The van der Waals surface area contributed by atoms with Crippen LogP contribution < -0.4 is 0 Å². The number of aliphatic hydroxyl groups is 1. The molecule has 1 spiro atoms. The molecule has 9 atom stereocenters. The third kappa shape index (κ3) is 3.58. The zero-order valence-corrected chi connectivity index (χ0v) is 24.1. The first-order valence-corrected chi connectivity index (χ1v) is 14.6. The molecule has 0 aromatic carbocycles. The Labute approximate surface area is 223 Å². The van der Waals surface area contributed by atoms with Gasteiger partial charge in [-0.05, 0) is 81.5 Å². The van der Waals surface area contributed by atoms with Crippen molar-refractivity contribution in [3.63, 3.8) is 0 Å². The Kier molecular flexibility index (Phi) is 6.15. The molecule has 0 aromatic heterocycles. The van der Waals surface area contributed by atoms with E-state index >= 15 is 0 Å². The SMILES string of the molecule is C=C(C)C[C@@H](C[C@]1(C)OC(=O)[C@]23CC[C@H]4C(=CC[C@H]5C(C)(C)[C@@H](O)CC[C@]45C)[C@]2(C)CC[C@@H]31)OC(C)=O. The van der Waals surface area contributed by atoms with Crippen LogP contribution in [0.15, 0.2) is 23.8 Å². The average molecular weight is 513 g/mol. The molecule has 5 nitrogen and oxygen atoms in total. The molecule has 1 N–H and O–H groups in total. The van der Waals surface area contributed by atoms with Gasteiger partial charge in [0.25, 0.3) is 0 Å². The molecule has 1 saturated heterocycles. The zero-order valence-electron chi connectivity index (χ0n) is 24.1. The minimum Gasteiger partial charge on any atom is -0.462 e. The van der Waals surface area contributed by atoms with E-state index in [1.807, 2.05) is 6.92 Å². The number of ether oxygens (including phenoxy) is 2. The highest BCUT2D eigenvalue weighted by Crippen LogP contribution is 2.76. The first-order valence-electron chi connectivity index (χ1n) is 14.6. The highest BCUT2D eigenvalue weighted by molar-refractivity contribution is 5.83. The maximum Gasteiger partial charge on any atom is 0.313 e.